The van der Waals surface area contributed by atoms with Gasteiger partial charge in [0.2, 0.25) is 5.69 Å². The third-order valence-corrected chi connectivity index (χ3v) is 10.8. The van der Waals surface area contributed by atoms with E-state index in [9.17, 15) is 0 Å². The van der Waals surface area contributed by atoms with Crippen molar-refractivity contribution < 1.29 is 9.67 Å². The maximum atomic E-state index is 9.10. The summed E-state index contributed by atoms with van der Waals surface area (Å²) >= 11 is 3.55. The van der Waals surface area contributed by atoms with Crippen molar-refractivity contribution in [1.82, 2.24) is 24.2 Å². The maximum Gasteiger partial charge on any atom is 0.313 e. The molecule has 0 atom stereocenters. The Morgan fingerprint density at radius 2 is 1.58 bits per heavy atom. The van der Waals surface area contributed by atoms with Crippen molar-refractivity contribution in [2.24, 2.45) is 5.92 Å². The molecule has 0 bridgehead atoms. The fourth-order valence-corrected chi connectivity index (χ4v) is 8.40. The average molecular weight is 674 g/mol. The molecule has 8 rings (SSSR count). The summed E-state index contributed by atoms with van der Waals surface area (Å²) in [5.41, 5.74) is 6.10. The second-order valence-electron chi connectivity index (χ2n) is 12.5. The largest absolute Gasteiger partial charge is 0.396 e. The van der Waals surface area contributed by atoms with Crippen LogP contribution in [-0.2, 0) is 0 Å². The number of hydrogen-bond donors (Lipinski definition) is 3. The van der Waals surface area contributed by atoms with E-state index in [-0.39, 0.29) is 6.61 Å². The van der Waals surface area contributed by atoms with Gasteiger partial charge in [-0.3, -0.25) is 0 Å². The third kappa shape index (κ3) is 5.57. The van der Waals surface area contributed by atoms with Crippen LogP contribution in [0.15, 0.2) is 85.1 Å². The molecule has 0 fully saturated rings. The zero-order valence-corrected chi connectivity index (χ0v) is 28.8. The van der Waals surface area contributed by atoms with Gasteiger partial charge in [-0.15, -0.1) is 27.8 Å². The number of aliphatic hydroxyl groups excluding tert-OH is 1. The van der Waals surface area contributed by atoms with E-state index in [2.05, 4.69) is 112 Å². The number of benzene rings is 2. The molecule has 0 radical (unpaired) electrons. The van der Waals surface area contributed by atoms with Crippen LogP contribution in [0.25, 0.3) is 58.3 Å². The van der Waals surface area contributed by atoms with Crippen LogP contribution in [0.1, 0.15) is 32.4 Å². The molecule has 6 aromatic heterocycles. The first-order valence-corrected chi connectivity index (χ1v) is 18.0. The first kappa shape index (κ1) is 30.5. The standard InChI is InChI=1S/C37H37N8OS2/c1-23(2)21-39-34-13-15-36-43(24(3)37(45(36)42-34)32-19-25-8-4-5-9-29(25)47-32)27-11-10-26-18-31(48-30(26)20-27)28-22-40-35-14-12-33(41-44(28)35)38-16-6-7-17-46/h4-5,8-15,18-20,22-23,46H,6-7,16-17,21H2,1-3H3,(H,38,41)(H,39,42)/q+1. The van der Waals surface area contributed by atoms with Crippen LogP contribution in [0.5, 0.6) is 0 Å². The molecule has 2 aromatic carbocycles. The van der Waals surface area contributed by atoms with Crippen molar-refractivity contribution in [3.8, 4) is 26.8 Å². The zero-order chi connectivity index (χ0) is 32.8. The van der Waals surface area contributed by atoms with Crippen molar-refractivity contribution in [2.75, 3.05) is 30.3 Å². The van der Waals surface area contributed by atoms with E-state index in [0.717, 1.165) is 76.5 Å². The third-order valence-electron chi connectivity index (χ3n) is 8.55. The molecule has 8 aromatic rings. The summed E-state index contributed by atoms with van der Waals surface area (Å²) in [6.45, 7) is 8.43. The first-order valence-electron chi connectivity index (χ1n) is 16.4. The molecule has 0 saturated heterocycles. The number of unbranched alkanes of at least 4 members (excludes halogenated alkanes) is 1. The average Bonchev–Trinajstić information content (AvgIpc) is 3.87. The predicted octanol–water partition coefficient (Wildman–Crippen LogP) is 7.98. The van der Waals surface area contributed by atoms with Gasteiger partial charge in [0.25, 0.3) is 0 Å². The summed E-state index contributed by atoms with van der Waals surface area (Å²) in [4.78, 5) is 6.93. The van der Waals surface area contributed by atoms with Gasteiger partial charge in [-0.1, -0.05) is 41.7 Å². The number of imidazole rings is 2. The van der Waals surface area contributed by atoms with Crippen LogP contribution in [0.2, 0.25) is 0 Å². The van der Waals surface area contributed by atoms with Crippen LogP contribution in [-0.4, -0.2) is 49.0 Å². The van der Waals surface area contributed by atoms with Gasteiger partial charge in [0.05, 0.1) is 16.0 Å². The lowest BCUT2D eigenvalue weighted by Gasteiger charge is -2.06. The van der Waals surface area contributed by atoms with E-state index in [1.807, 2.05) is 22.8 Å². The van der Waals surface area contributed by atoms with E-state index in [0.29, 0.717) is 5.92 Å². The number of aliphatic hydroxyl groups is 1. The molecular weight excluding hydrogens is 637 g/mol. The topological polar surface area (TPSA) is 95.7 Å². The van der Waals surface area contributed by atoms with Crippen molar-refractivity contribution >= 4 is 65.8 Å². The number of rotatable bonds is 11. The number of anilines is 2. The Bertz CT molecular complexity index is 2380. The second-order valence-corrected chi connectivity index (χ2v) is 14.7. The van der Waals surface area contributed by atoms with Crippen molar-refractivity contribution in [3.05, 3.63) is 90.8 Å². The Kier molecular flexibility index (Phi) is 8.03. The molecular formula is C37H37N8OS2+. The van der Waals surface area contributed by atoms with Crippen LogP contribution in [0.3, 0.4) is 0 Å². The van der Waals surface area contributed by atoms with Gasteiger partial charge in [-0.2, -0.15) is 4.57 Å². The Labute approximate surface area is 286 Å². The van der Waals surface area contributed by atoms with Crippen molar-refractivity contribution in [1.29, 1.82) is 0 Å². The van der Waals surface area contributed by atoms with E-state index >= 15 is 0 Å². The van der Waals surface area contributed by atoms with E-state index in [4.69, 9.17) is 15.3 Å². The molecule has 0 aliphatic rings. The van der Waals surface area contributed by atoms with Crippen LogP contribution in [0.4, 0.5) is 11.6 Å². The van der Waals surface area contributed by atoms with Gasteiger partial charge in [0, 0.05) is 48.2 Å². The Morgan fingerprint density at radius 1 is 0.812 bits per heavy atom. The molecule has 3 N–H and O–H groups in total. The van der Waals surface area contributed by atoms with Crippen LogP contribution < -0.4 is 15.2 Å². The number of nitrogens with one attached hydrogen (secondary N) is 2. The summed E-state index contributed by atoms with van der Waals surface area (Å²) in [7, 11) is 0. The minimum absolute atomic E-state index is 0.202. The number of nitrogens with zero attached hydrogens (tertiary/aromatic N) is 6. The summed E-state index contributed by atoms with van der Waals surface area (Å²) < 4.78 is 8.79. The zero-order valence-electron chi connectivity index (χ0n) is 27.1. The van der Waals surface area contributed by atoms with E-state index in [1.54, 1.807) is 22.7 Å². The van der Waals surface area contributed by atoms with Crippen molar-refractivity contribution in [3.63, 3.8) is 0 Å². The lowest BCUT2D eigenvalue weighted by atomic mass is 10.2. The Hall–Kier alpha value is -4.84. The first-order chi connectivity index (χ1) is 23.5. The molecule has 0 spiro atoms. The lowest BCUT2D eigenvalue weighted by molar-refractivity contribution is -0.573. The fraction of sp³-hybridized carbons (Fsp3) is 0.243. The number of fused-ring (bicyclic) bond motifs is 4. The molecule has 9 nitrogen and oxygen atoms in total. The summed E-state index contributed by atoms with van der Waals surface area (Å²) in [5, 5.41) is 28.4. The molecule has 242 valence electrons. The van der Waals surface area contributed by atoms with Gasteiger partial charge >= 0.3 is 5.65 Å². The monoisotopic (exact) mass is 673 g/mol. The number of hydrogen-bond acceptors (Lipinski definition) is 8. The van der Waals surface area contributed by atoms with Gasteiger partial charge in [-0.25, -0.2) is 9.50 Å². The molecule has 0 unspecified atom stereocenters. The van der Waals surface area contributed by atoms with E-state index < -0.39 is 0 Å². The smallest absolute Gasteiger partial charge is 0.313 e. The summed E-state index contributed by atoms with van der Waals surface area (Å²) in [6, 6.07) is 27.9. The summed E-state index contributed by atoms with van der Waals surface area (Å²) in [5.74, 6) is 2.17. The summed E-state index contributed by atoms with van der Waals surface area (Å²) in [6.07, 6.45) is 3.56. The molecule has 11 heteroatoms. The quantitative estimate of drug-likeness (QED) is 0.0952. The predicted molar refractivity (Wildman–Crippen MR) is 198 cm³/mol. The van der Waals surface area contributed by atoms with Gasteiger partial charge in [0.15, 0.2) is 17.2 Å². The SMILES string of the molecule is Cc1c(-c2cc3ccccc3s2)n2nc(NCC(C)C)ccc2[n+]1-c1ccc2cc(-c3cnc4ccc(NCCCCO)nn34)sc2c1. The molecule has 0 saturated carbocycles. The lowest BCUT2D eigenvalue weighted by Crippen LogP contribution is -2.32. The van der Waals surface area contributed by atoms with E-state index in [1.165, 1.54) is 25.0 Å². The highest BCUT2D eigenvalue weighted by Gasteiger charge is 2.29. The van der Waals surface area contributed by atoms with Crippen molar-refractivity contribution in [2.45, 2.75) is 33.6 Å². The van der Waals surface area contributed by atoms with Crippen LogP contribution in [0, 0.1) is 12.8 Å². The minimum Gasteiger partial charge on any atom is -0.396 e. The van der Waals surface area contributed by atoms with Gasteiger partial charge < -0.3 is 15.7 Å². The molecule has 0 aliphatic heterocycles. The normalized spacial score (nSPS) is 11.9. The fourth-order valence-electron chi connectivity index (χ4n) is 6.17. The molecule has 6 heterocycles. The highest BCUT2D eigenvalue weighted by molar-refractivity contribution is 7.22. The Balaban J connectivity index is 1.21. The number of thiophene rings is 2. The second kappa shape index (κ2) is 12.6. The maximum absolute atomic E-state index is 9.10. The van der Waals surface area contributed by atoms with Gasteiger partial charge in [0.1, 0.15) is 17.2 Å². The highest BCUT2D eigenvalue weighted by atomic mass is 32.1. The Morgan fingerprint density at radius 3 is 2.44 bits per heavy atom. The number of aromatic nitrogens is 6. The highest BCUT2D eigenvalue weighted by Crippen LogP contribution is 2.37. The minimum atomic E-state index is 0.202. The van der Waals surface area contributed by atoms with Gasteiger partial charge in [-0.05, 0) is 78.1 Å². The molecule has 0 aliphatic carbocycles. The molecule has 0 amide bonds. The van der Waals surface area contributed by atoms with Crippen LogP contribution >= 0.6 is 22.7 Å². The molecule has 48 heavy (non-hydrogen) atoms.